The second-order valence-corrected chi connectivity index (χ2v) is 8.39. The van der Waals surface area contributed by atoms with Gasteiger partial charge >= 0.3 is 7.82 Å². The van der Waals surface area contributed by atoms with Crippen molar-refractivity contribution in [3.8, 4) is 11.5 Å². The first-order valence-electron chi connectivity index (χ1n) is 9.84. The quantitative estimate of drug-likeness (QED) is 0.340. The Kier molecular flexibility index (Phi) is 7.09. The minimum atomic E-state index is -4.33. The van der Waals surface area contributed by atoms with Gasteiger partial charge in [0, 0.05) is 12.0 Å². The molecule has 0 saturated carbocycles. The molecule has 3 aromatic rings. The van der Waals surface area contributed by atoms with Gasteiger partial charge in [-0.3, -0.25) is 9.69 Å². The van der Waals surface area contributed by atoms with Crippen LogP contribution < -0.4 is 9.05 Å². The first-order chi connectivity index (χ1) is 14.3. The Bertz CT molecular complexity index is 1040. The van der Waals surface area contributed by atoms with Gasteiger partial charge in [-0.15, -0.1) is 0 Å². The van der Waals surface area contributed by atoms with Crippen LogP contribution in [0, 0.1) is 6.92 Å². The van der Waals surface area contributed by atoms with Crippen LogP contribution in [0.3, 0.4) is 0 Å². The molecular weight excluding hydrogens is 399 g/mol. The molecule has 156 valence electrons. The smallest absolute Gasteiger partial charge is 0.395 e. The van der Waals surface area contributed by atoms with Gasteiger partial charge in [-0.2, -0.15) is 0 Å². The van der Waals surface area contributed by atoms with Crippen molar-refractivity contribution < 1.29 is 23.3 Å². The normalized spacial score (nSPS) is 12.8. The maximum atomic E-state index is 12.4. The van der Waals surface area contributed by atoms with Crippen LogP contribution in [-0.2, 0) is 17.4 Å². The molecule has 0 amide bonds. The average Bonchev–Trinajstić information content (AvgIpc) is 2.72. The van der Waals surface area contributed by atoms with Crippen LogP contribution in [0.2, 0.25) is 0 Å². The number of ketones is 1. The predicted octanol–water partition coefficient (Wildman–Crippen LogP) is 5.93. The maximum absolute atomic E-state index is 12.4. The van der Waals surface area contributed by atoms with E-state index in [0.29, 0.717) is 24.2 Å². The van der Waals surface area contributed by atoms with Gasteiger partial charge in [0.1, 0.15) is 11.5 Å². The number of rotatable bonds is 9. The number of phosphoric acid groups is 1. The first-order valence-corrected chi connectivity index (χ1v) is 11.3. The Labute approximate surface area is 176 Å². The van der Waals surface area contributed by atoms with Gasteiger partial charge < -0.3 is 9.05 Å². The molecule has 0 fully saturated rings. The molecular formula is C24H25O5P. The van der Waals surface area contributed by atoms with Crippen molar-refractivity contribution in [3.63, 3.8) is 0 Å². The van der Waals surface area contributed by atoms with Crippen LogP contribution in [-0.4, -0.2) is 10.7 Å². The molecule has 30 heavy (non-hydrogen) atoms. The molecule has 0 aliphatic rings. The Hall–Kier alpha value is -2.88. The van der Waals surface area contributed by atoms with E-state index in [-0.39, 0.29) is 11.5 Å². The van der Waals surface area contributed by atoms with Crippen molar-refractivity contribution in [2.45, 2.75) is 33.1 Å². The summed E-state index contributed by atoms with van der Waals surface area (Å²) >= 11 is 0. The summed E-state index contributed by atoms with van der Waals surface area (Å²) in [6.07, 6.45) is 1.76. The van der Waals surface area contributed by atoms with E-state index < -0.39 is 7.82 Å². The summed E-state index contributed by atoms with van der Waals surface area (Å²) in [5.74, 6) is 0.602. The molecule has 3 aromatic carbocycles. The zero-order chi connectivity index (χ0) is 21.6. The summed E-state index contributed by atoms with van der Waals surface area (Å²) in [6, 6.07) is 21.3. The standard InChI is InChI=1S/C24H25O5P/c1-3-19-15-18(2)16-23(17-19)29-30(26,27)28-22-12-9-20(10-13-22)11-14-24(25)21-7-5-4-6-8-21/h4-10,12-13,15-17H,3,11,14H2,1-2H3,(H,26,27). The van der Waals surface area contributed by atoms with Crippen LogP contribution in [0.15, 0.2) is 72.8 Å². The number of aryl methyl sites for hydroxylation is 3. The van der Waals surface area contributed by atoms with E-state index in [9.17, 15) is 14.3 Å². The Morgan fingerprint density at radius 1 is 0.900 bits per heavy atom. The fraction of sp³-hybridized carbons (Fsp3) is 0.208. The second-order valence-electron chi connectivity index (χ2n) is 7.09. The van der Waals surface area contributed by atoms with Gasteiger partial charge in [0.2, 0.25) is 0 Å². The minimum absolute atomic E-state index is 0.0776. The molecule has 1 unspecified atom stereocenters. The molecule has 1 N–H and O–H groups in total. The largest absolute Gasteiger partial charge is 0.584 e. The number of benzene rings is 3. The fourth-order valence-corrected chi connectivity index (χ4v) is 3.91. The lowest BCUT2D eigenvalue weighted by Crippen LogP contribution is -2.02. The highest BCUT2D eigenvalue weighted by Gasteiger charge is 2.25. The number of Topliss-reactive ketones (excluding diaryl/α,β-unsaturated/α-hetero) is 1. The lowest BCUT2D eigenvalue weighted by Gasteiger charge is -2.15. The van der Waals surface area contributed by atoms with Crippen LogP contribution in [0.4, 0.5) is 0 Å². The lowest BCUT2D eigenvalue weighted by atomic mass is 10.0. The fourth-order valence-electron chi connectivity index (χ4n) is 3.11. The van der Waals surface area contributed by atoms with E-state index in [2.05, 4.69) is 0 Å². The van der Waals surface area contributed by atoms with Crippen molar-refractivity contribution in [1.82, 2.24) is 0 Å². The summed E-state index contributed by atoms with van der Waals surface area (Å²) in [5, 5.41) is 0. The summed E-state index contributed by atoms with van der Waals surface area (Å²) in [6.45, 7) is 3.90. The minimum Gasteiger partial charge on any atom is -0.395 e. The van der Waals surface area contributed by atoms with E-state index >= 15 is 0 Å². The van der Waals surface area contributed by atoms with Crippen LogP contribution >= 0.6 is 7.82 Å². The zero-order valence-corrected chi connectivity index (χ0v) is 18.0. The molecule has 0 spiro atoms. The van der Waals surface area contributed by atoms with Gasteiger partial charge in [-0.1, -0.05) is 55.5 Å². The third-order valence-corrected chi connectivity index (χ3v) is 5.50. The Morgan fingerprint density at radius 2 is 1.57 bits per heavy atom. The van der Waals surface area contributed by atoms with E-state index in [1.807, 2.05) is 38.1 Å². The highest BCUT2D eigenvalue weighted by atomic mass is 31.2. The van der Waals surface area contributed by atoms with Gasteiger partial charge in [0.25, 0.3) is 0 Å². The van der Waals surface area contributed by atoms with E-state index in [0.717, 1.165) is 23.1 Å². The summed E-state index contributed by atoms with van der Waals surface area (Å²) in [4.78, 5) is 22.3. The average molecular weight is 424 g/mol. The Balaban J connectivity index is 1.58. The SMILES string of the molecule is CCc1cc(C)cc(OP(=O)(O)Oc2ccc(CCC(=O)c3ccccc3)cc2)c1. The Morgan fingerprint density at radius 3 is 2.23 bits per heavy atom. The molecule has 5 nitrogen and oxygen atoms in total. The number of phosphoric ester groups is 1. The van der Waals surface area contributed by atoms with Crippen LogP contribution in [0.5, 0.6) is 11.5 Å². The monoisotopic (exact) mass is 424 g/mol. The maximum Gasteiger partial charge on any atom is 0.584 e. The van der Waals surface area contributed by atoms with Crippen molar-refractivity contribution in [2.24, 2.45) is 0 Å². The highest BCUT2D eigenvalue weighted by Crippen LogP contribution is 2.44. The lowest BCUT2D eigenvalue weighted by molar-refractivity contribution is 0.0983. The molecule has 0 radical (unpaired) electrons. The van der Waals surface area contributed by atoms with Gasteiger partial charge in [-0.25, -0.2) is 4.57 Å². The van der Waals surface area contributed by atoms with Gasteiger partial charge in [-0.05, 0) is 60.7 Å². The molecule has 0 aliphatic heterocycles. The van der Waals surface area contributed by atoms with Crippen LogP contribution in [0.1, 0.15) is 40.4 Å². The number of hydrogen-bond acceptors (Lipinski definition) is 4. The summed E-state index contributed by atoms with van der Waals surface area (Å²) in [5.41, 5.74) is 3.59. The molecule has 0 aromatic heterocycles. The molecule has 0 bridgehead atoms. The van der Waals surface area contributed by atoms with Crippen LogP contribution in [0.25, 0.3) is 0 Å². The highest BCUT2D eigenvalue weighted by molar-refractivity contribution is 7.48. The molecule has 0 saturated heterocycles. The predicted molar refractivity (Wildman–Crippen MR) is 117 cm³/mol. The van der Waals surface area contributed by atoms with E-state index in [1.165, 1.54) is 0 Å². The first kappa shape index (κ1) is 21.8. The molecule has 6 heteroatoms. The third kappa shape index (κ3) is 6.31. The number of carbonyl (C=O) groups is 1. The van der Waals surface area contributed by atoms with E-state index in [1.54, 1.807) is 48.5 Å². The molecule has 3 rings (SSSR count). The topological polar surface area (TPSA) is 72.8 Å². The van der Waals surface area contributed by atoms with Crippen molar-refractivity contribution >= 4 is 13.6 Å². The molecule has 0 aliphatic carbocycles. The number of carbonyl (C=O) groups excluding carboxylic acids is 1. The third-order valence-electron chi connectivity index (χ3n) is 4.62. The second kappa shape index (κ2) is 9.75. The van der Waals surface area contributed by atoms with E-state index in [4.69, 9.17) is 9.05 Å². The van der Waals surface area contributed by atoms with Gasteiger partial charge in [0.05, 0.1) is 0 Å². The summed E-state index contributed by atoms with van der Waals surface area (Å²) < 4.78 is 22.8. The number of hydrogen-bond donors (Lipinski definition) is 1. The molecule has 0 heterocycles. The van der Waals surface area contributed by atoms with Crippen molar-refractivity contribution in [2.75, 3.05) is 0 Å². The summed E-state index contributed by atoms with van der Waals surface area (Å²) in [7, 11) is -4.33. The van der Waals surface area contributed by atoms with Crippen molar-refractivity contribution in [3.05, 3.63) is 95.1 Å². The van der Waals surface area contributed by atoms with Gasteiger partial charge in [0.15, 0.2) is 5.78 Å². The molecule has 1 atom stereocenters. The zero-order valence-electron chi connectivity index (χ0n) is 17.1. The van der Waals surface area contributed by atoms with Crippen molar-refractivity contribution in [1.29, 1.82) is 0 Å².